The van der Waals surface area contributed by atoms with Crippen LogP contribution < -0.4 is 34.2 Å². The summed E-state index contributed by atoms with van der Waals surface area (Å²) < 4.78 is 7.72. The largest absolute Gasteiger partial charge is 2.00 e. The molecule has 0 fully saturated rings. The van der Waals surface area contributed by atoms with Crippen LogP contribution in [0.3, 0.4) is 0 Å². The van der Waals surface area contributed by atoms with Crippen molar-refractivity contribution in [3.63, 3.8) is 0 Å². The Labute approximate surface area is 87.7 Å². The summed E-state index contributed by atoms with van der Waals surface area (Å²) in [6, 6.07) is 0. The van der Waals surface area contributed by atoms with Crippen LogP contribution in [-0.4, -0.2) is 43.2 Å². The molecular formula is HCaClNaO2+. The van der Waals surface area contributed by atoms with Crippen LogP contribution in [0.1, 0.15) is 0 Å². The van der Waals surface area contributed by atoms with E-state index >= 15 is 0 Å². The second-order valence-corrected chi connectivity index (χ2v) is 0. The van der Waals surface area contributed by atoms with Crippen LogP contribution in [0.25, 0.3) is 0 Å². The molecule has 0 spiro atoms. The Balaban J connectivity index is -0.00000000167. The van der Waals surface area contributed by atoms with Gasteiger partial charge in [0.1, 0.15) is 0 Å². The second-order valence-electron chi connectivity index (χ2n) is 0. The maximum absolute atomic E-state index is 7.72. The average molecular weight is 132 g/mol. The number of rotatable bonds is 0. The van der Waals surface area contributed by atoms with Gasteiger partial charge in [-0.3, -0.25) is 0 Å². The first-order valence-corrected chi connectivity index (χ1v) is 0.463. The summed E-state index contributed by atoms with van der Waals surface area (Å²) in [5.41, 5.74) is 0. The quantitative estimate of drug-likeness (QED) is 0.314. The van der Waals surface area contributed by atoms with Crippen molar-refractivity contribution in [2.24, 2.45) is 0 Å². The minimum Gasteiger partial charge on any atom is -0.870 e. The fourth-order valence-electron chi connectivity index (χ4n) is 0. The summed E-state index contributed by atoms with van der Waals surface area (Å²) in [5, 5.41) is 0. The zero-order chi connectivity index (χ0) is 2.00. The minimum atomic E-state index is 0. The van der Waals surface area contributed by atoms with E-state index in [1.54, 1.807) is 0 Å². The summed E-state index contributed by atoms with van der Waals surface area (Å²) in [6.07, 6.45) is 0. The Morgan fingerprint density at radius 3 is 1.20 bits per heavy atom. The predicted octanol–water partition coefficient (Wildman–Crippen LogP) is -4.05. The van der Waals surface area contributed by atoms with Gasteiger partial charge in [0.05, 0.1) is 0 Å². The van der Waals surface area contributed by atoms with Crippen LogP contribution in [0.15, 0.2) is 0 Å². The maximum atomic E-state index is 7.72. The first-order chi connectivity index (χ1) is 1.00. The summed E-state index contributed by atoms with van der Waals surface area (Å²) in [6.45, 7) is 0. The Bertz CT molecular complexity index is 9.61. The first kappa shape index (κ1) is 26.0. The molecule has 0 radical (unpaired) electrons. The molecule has 2 nitrogen and oxygen atoms in total. The van der Waals surface area contributed by atoms with Crippen molar-refractivity contribution in [2.75, 3.05) is 0 Å². The van der Waals surface area contributed by atoms with Crippen molar-refractivity contribution >= 4 is 49.6 Å². The van der Waals surface area contributed by atoms with E-state index in [9.17, 15) is 0 Å². The summed E-state index contributed by atoms with van der Waals surface area (Å²) in [5.74, 6) is 0. The molecule has 0 unspecified atom stereocenters. The van der Waals surface area contributed by atoms with E-state index in [4.69, 9.17) is 4.66 Å². The summed E-state index contributed by atoms with van der Waals surface area (Å²) in [7, 11) is 0. The predicted molar refractivity (Wildman–Crippen MR) is 13.5 cm³/mol. The van der Waals surface area contributed by atoms with Crippen LogP contribution in [-0.2, 0) is 0 Å². The Kier molecular flexibility index (Phi) is 165. The SMILES string of the molecule is [Ca+2].[Na+].[O-]Cl.[OH-]. The van der Waals surface area contributed by atoms with E-state index in [1.165, 1.54) is 0 Å². The van der Waals surface area contributed by atoms with Gasteiger partial charge in [0.15, 0.2) is 0 Å². The third kappa shape index (κ3) is 21.2. The van der Waals surface area contributed by atoms with E-state index in [0.717, 1.165) is 0 Å². The second kappa shape index (κ2) is 31.7. The summed E-state index contributed by atoms with van der Waals surface area (Å²) in [4.78, 5) is 0. The molecule has 0 aliphatic rings. The molecular weight excluding hydrogens is 131 g/mol. The molecule has 0 bridgehead atoms. The van der Waals surface area contributed by atoms with Crippen LogP contribution >= 0.6 is 11.9 Å². The number of halogens is 1. The zero-order valence-electron chi connectivity index (χ0n) is 2.94. The van der Waals surface area contributed by atoms with Gasteiger partial charge in [-0.1, -0.05) is 0 Å². The van der Waals surface area contributed by atoms with Crippen LogP contribution in [0.5, 0.6) is 0 Å². The topological polar surface area (TPSA) is 53.1 Å². The van der Waals surface area contributed by atoms with Gasteiger partial charge < -0.3 is 10.1 Å². The standard InChI is InChI=1S/Ca.ClO.Na.H2O/c;1-2;;/h;;;1H2/q+2;-1;+1;/p-1. The van der Waals surface area contributed by atoms with Crippen molar-refractivity contribution in [1.29, 1.82) is 0 Å². The summed E-state index contributed by atoms with van der Waals surface area (Å²) >= 11 is 3.39. The van der Waals surface area contributed by atoms with E-state index < -0.39 is 0 Å². The Morgan fingerprint density at radius 1 is 1.20 bits per heavy atom. The van der Waals surface area contributed by atoms with Gasteiger partial charge >= 0.3 is 67.3 Å². The van der Waals surface area contributed by atoms with Gasteiger partial charge in [0, 0.05) is 0 Å². The van der Waals surface area contributed by atoms with Gasteiger partial charge in [-0.25, -0.2) is 11.9 Å². The van der Waals surface area contributed by atoms with Gasteiger partial charge in [-0.2, -0.15) is 0 Å². The first-order valence-electron chi connectivity index (χ1n) is 0.154. The molecule has 5 heavy (non-hydrogen) atoms. The van der Waals surface area contributed by atoms with Gasteiger partial charge in [-0.15, -0.1) is 0 Å². The fraction of sp³-hybridized carbons (Fsp3) is 0. The molecule has 1 N–H and O–H groups in total. The molecule has 0 saturated carbocycles. The van der Waals surface area contributed by atoms with E-state index in [2.05, 4.69) is 11.9 Å². The molecule has 5 heteroatoms. The van der Waals surface area contributed by atoms with Gasteiger partial charge in [-0.05, 0) is 0 Å². The molecule has 0 aromatic rings. The molecule has 0 aliphatic heterocycles. The maximum Gasteiger partial charge on any atom is 2.00 e. The molecule has 0 rings (SSSR count). The third-order valence-corrected chi connectivity index (χ3v) is 0. The molecule has 0 aromatic heterocycles. The number of hydrogen-bond donors (Lipinski definition) is 0. The van der Waals surface area contributed by atoms with Crippen LogP contribution in [0.4, 0.5) is 0 Å². The smallest absolute Gasteiger partial charge is 0.870 e. The van der Waals surface area contributed by atoms with Crippen molar-refractivity contribution < 1.29 is 39.7 Å². The van der Waals surface area contributed by atoms with E-state index in [0.29, 0.717) is 0 Å². The molecule has 0 aliphatic carbocycles. The Hall–Kier alpha value is 2.47. The Morgan fingerprint density at radius 2 is 1.20 bits per heavy atom. The molecule has 0 heterocycles. The minimum absolute atomic E-state index is 0. The third-order valence-electron chi connectivity index (χ3n) is 0. The van der Waals surface area contributed by atoms with Gasteiger partial charge in [0.2, 0.25) is 0 Å². The molecule has 0 atom stereocenters. The van der Waals surface area contributed by atoms with E-state index in [1.807, 2.05) is 0 Å². The molecule has 0 amide bonds. The van der Waals surface area contributed by atoms with Crippen LogP contribution in [0.2, 0.25) is 0 Å². The van der Waals surface area contributed by atoms with Crippen molar-refractivity contribution in [3.8, 4) is 0 Å². The van der Waals surface area contributed by atoms with Crippen molar-refractivity contribution in [1.82, 2.24) is 0 Å². The normalized spacial score (nSPS) is 1.20. The monoisotopic (exact) mass is 131 g/mol. The molecule has 22 valence electrons. The zero-order valence-corrected chi connectivity index (χ0v) is 7.90. The van der Waals surface area contributed by atoms with Gasteiger partial charge in [0.25, 0.3) is 0 Å². The molecule has 0 aromatic carbocycles. The van der Waals surface area contributed by atoms with Crippen molar-refractivity contribution in [2.45, 2.75) is 0 Å². The fourth-order valence-corrected chi connectivity index (χ4v) is 0. The average Bonchev–Trinajstić information content (AvgIpc) is 1.00. The van der Waals surface area contributed by atoms with E-state index in [-0.39, 0.29) is 72.8 Å². The van der Waals surface area contributed by atoms with Crippen molar-refractivity contribution in [3.05, 3.63) is 0 Å². The van der Waals surface area contributed by atoms with Crippen LogP contribution in [0, 0.1) is 0 Å². The molecule has 0 saturated heterocycles. The number of hydrogen-bond acceptors (Lipinski definition) is 2.